The highest BCUT2D eigenvalue weighted by molar-refractivity contribution is 7.88. The number of amides is 3. The first-order valence-corrected chi connectivity index (χ1v) is 52.0. The Morgan fingerprint density at radius 3 is 1.22 bits per heavy atom. The van der Waals surface area contributed by atoms with Gasteiger partial charge in [0.15, 0.2) is 5.82 Å². The molecule has 0 saturated heterocycles. The van der Waals surface area contributed by atoms with Crippen molar-refractivity contribution in [2.75, 3.05) is 116 Å². The molecule has 37 heteroatoms. The van der Waals surface area contributed by atoms with E-state index < -0.39 is 42.3 Å². The van der Waals surface area contributed by atoms with Crippen LogP contribution in [-0.4, -0.2) is 192 Å². The standard InChI is InChI=1S/C14H27N3O.C12H20N2O2.C12H25NO2.C11H18N2O2.C10H21N3O2.C9H17N3O.C9H17N3.C9H21NO2S.2C9H19NO2/c1-13(2,3)8-7-9-17-10-12(15-16-17)11-18-14(4,5)6;1-12(2,3)6-5-7-14-9-8(13-4)10(15)11(9)16;1-11(2,3)8-7-9-13-10(14)12(4,5)15-6;1-11(2,3)5-4-6-13-8-7(12)9(14)10(8)15;1-10(2,3)6-5-7-12-9(11-4)8-13(14)15;1-9(2,3)4-5-12-6-8(7-13)10-11-12;1-9(2,3)5-4-7-12-8-6-10-11-12;1-9(2,3)7-6-8-10(4)13(5,11)12;1-9(2,3)6-5-7-10-8(11)12-4;1-9(2,3)6-5-7-12-8(11)10-4/h10H,7-9,11H2,1-6H3;13-14H,5-7H2,1-4H3;7-9H2,1-6H3,(H,13,14);13H,4-6,12H2,1-3H3;8,11-12H,5-7H2,1-4H3;6,13H,4-5,7H2,1-3H3;6,8H,4-5,7H2,1-3H3;6-8H2,1-5H3;2*5-7H2,1-4H3,(H,10,11)/b;;;;9-8+;;;;;. The molecule has 5 rings (SSSR count). The number of aromatic nitrogens is 9. The Morgan fingerprint density at radius 2 is 0.851 bits per heavy atom. The molecule has 3 heterocycles. The van der Waals surface area contributed by atoms with Gasteiger partial charge < -0.3 is 72.3 Å². The van der Waals surface area contributed by atoms with Gasteiger partial charge in [0, 0.05) is 100 Å². The Labute approximate surface area is 852 Å². The summed E-state index contributed by atoms with van der Waals surface area (Å²) in [5.74, 6) is 0.410. The van der Waals surface area contributed by atoms with Gasteiger partial charge >= 0.3 is 12.2 Å². The number of nitrogen functional groups attached to an aromatic ring is 1. The molecule has 0 aliphatic carbocycles. The number of rotatable bonds is 41. The van der Waals surface area contributed by atoms with Gasteiger partial charge in [0.1, 0.15) is 39.7 Å². The Hall–Kier alpha value is -8.68. The van der Waals surface area contributed by atoms with E-state index in [1.54, 1.807) is 66.2 Å². The third-order valence-corrected chi connectivity index (χ3v) is 21.8. The average Bonchev–Trinajstić information content (AvgIpc) is 0.864. The topological polar surface area (TPSA) is 472 Å². The number of nitrogens with one attached hydrogen (secondary N) is 8. The summed E-state index contributed by atoms with van der Waals surface area (Å²) in [6, 6.07) is 0. The molecule has 3 amide bonds. The van der Waals surface area contributed by atoms with E-state index >= 15 is 0 Å². The number of hydrogen-bond acceptors (Lipinski definition) is 28. The van der Waals surface area contributed by atoms with Crippen molar-refractivity contribution in [1.29, 1.82) is 0 Å². The molecule has 0 saturated carbocycles. The van der Waals surface area contributed by atoms with Crippen molar-refractivity contribution in [2.24, 2.45) is 54.1 Å². The second-order valence-electron chi connectivity index (χ2n) is 49.3. The van der Waals surface area contributed by atoms with Gasteiger partial charge in [-0.3, -0.25) is 48.1 Å². The number of nitrogens with zero attached hydrogens (tertiary/aromatic N) is 11. The van der Waals surface area contributed by atoms with Gasteiger partial charge in [-0.05, 0) is 211 Å². The van der Waals surface area contributed by atoms with Crippen LogP contribution in [0.3, 0.4) is 0 Å². The van der Waals surface area contributed by atoms with Crippen molar-refractivity contribution >= 4 is 50.9 Å². The lowest BCUT2D eigenvalue weighted by Crippen LogP contribution is -2.43. The van der Waals surface area contributed by atoms with E-state index in [9.17, 15) is 52.1 Å². The molecule has 36 nitrogen and oxygen atoms in total. The van der Waals surface area contributed by atoms with E-state index in [4.69, 9.17) is 25.1 Å². The number of aliphatic hydroxyl groups is 1. The number of aryl methyl sites for hydroxylation is 3. The number of methoxy groups -OCH3 is 2. The Kier molecular flexibility index (Phi) is 68.5. The molecule has 0 radical (unpaired) electrons. The molecule has 141 heavy (non-hydrogen) atoms. The monoisotopic (exact) mass is 2020 g/mol. The molecular formula is C104H204N20O16S. The normalized spacial score (nSPS) is 12.2. The third kappa shape index (κ3) is 87.6. The first-order valence-electron chi connectivity index (χ1n) is 50.1. The molecule has 0 fully saturated rings. The van der Waals surface area contributed by atoms with Crippen molar-refractivity contribution < 1.29 is 51.8 Å². The van der Waals surface area contributed by atoms with Gasteiger partial charge in [0.2, 0.25) is 10.0 Å². The van der Waals surface area contributed by atoms with Crippen LogP contribution < -0.4 is 70.0 Å². The number of hydrogen-bond donors (Lipinski definition) is 10. The van der Waals surface area contributed by atoms with E-state index in [1.165, 1.54) is 36.9 Å². The second-order valence-corrected chi connectivity index (χ2v) is 51.4. The molecule has 0 spiro atoms. The smallest absolute Gasteiger partial charge is 0.406 e. The molecule has 2 aromatic carbocycles. The van der Waals surface area contributed by atoms with E-state index in [0.717, 1.165) is 154 Å². The fraction of sp³-hybridized carbons (Fsp3) is 0.817. The van der Waals surface area contributed by atoms with Crippen LogP contribution in [0.25, 0.3) is 0 Å². The van der Waals surface area contributed by atoms with Crippen molar-refractivity contribution in [3.63, 3.8) is 0 Å². The van der Waals surface area contributed by atoms with Gasteiger partial charge in [-0.15, -0.1) is 15.3 Å². The summed E-state index contributed by atoms with van der Waals surface area (Å²) in [5, 5.41) is 64.9. The number of carbonyl (C=O) groups is 3. The van der Waals surface area contributed by atoms with E-state index in [-0.39, 0.29) is 36.0 Å². The first kappa shape index (κ1) is 141. The quantitative estimate of drug-likeness (QED) is 0.00752. The number of alkyl carbamates (subject to hydrolysis) is 2. The minimum absolute atomic E-state index is 0.0322. The molecule has 3 aromatic heterocycles. The minimum atomic E-state index is -2.99. The van der Waals surface area contributed by atoms with Crippen LogP contribution in [0.1, 0.15) is 376 Å². The van der Waals surface area contributed by atoms with Crippen molar-refractivity contribution in [3.05, 3.63) is 99.2 Å². The zero-order valence-corrected chi connectivity index (χ0v) is 97.1. The predicted octanol–water partition coefficient (Wildman–Crippen LogP) is 19.5. The van der Waals surface area contributed by atoms with Crippen LogP contribution in [0.4, 0.5) is 32.3 Å². The Balaban J connectivity index is -0.000000487. The van der Waals surface area contributed by atoms with E-state index in [0.29, 0.717) is 116 Å². The zero-order chi connectivity index (χ0) is 111. The highest BCUT2D eigenvalue weighted by Gasteiger charge is 2.28. The van der Waals surface area contributed by atoms with Gasteiger partial charge in [0.05, 0.1) is 62.3 Å². The zero-order valence-electron chi connectivity index (χ0n) is 96.3. The van der Waals surface area contributed by atoms with Gasteiger partial charge in [-0.1, -0.05) is 223 Å². The van der Waals surface area contributed by atoms with Crippen LogP contribution in [0.2, 0.25) is 0 Å². The average molecular weight is 2020 g/mol. The summed E-state index contributed by atoms with van der Waals surface area (Å²) in [6.07, 6.45) is 29.1. The fourth-order valence-electron chi connectivity index (χ4n) is 11.7. The summed E-state index contributed by atoms with van der Waals surface area (Å²) in [4.78, 5) is 86.6. The molecule has 822 valence electrons. The molecule has 0 aliphatic rings. The molecule has 0 unspecified atom stereocenters. The first-order chi connectivity index (χ1) is 64.0. The van der Waals surface area contributed by atoms with Crippen LogP contribution in [-0.2, 0) is 66.6 Å². The van der Waals surface area contributed by atoms with Gasteiger partial charge in [-0.2, -0.15) is 0 Å². The minimum Gasteiger partial charge on any atom is -0.453 e. The maximum Gasteiger partial charge on any atom is 0.406 e. The summed E-state index contributed by atoms with van der Waals surface area (Å²) in [6.45, 7) is 83.5. The highest BCUT2D eigenvalue weighted by atomic mass is 32.2. The van der Waals surface area contributed by atoms with Crippen molar-refractivity contribution in [2.45, 2.75) is 408 Å². The third-order valence-electron chi connectivity index (χ3n) is 20.5. The van der Waals surface area contributed by atoms with Gasteiger partial charge in [0.25, 0.3) is 33.8 Å². The maximum absolute atomic E-state index is 11.6. The largest absolute Gasteiger partial charge is 0.453 e. The lowest BCUT2D eigenvalue weighted by molar-refractivity contribution is -0.404. The summed E-state index contributed by atoms with van der Waals surface area (Å²) < 4.78 is 49.0. The van der Waals surface area contributed by atoms with Crippen molar-refractivity contribution in [1.82, 2.24) is 75.9 Å². The molecule has 0 bridgehead atoms. The SMILES string of the molecule is CC(C)(C)CCCNc1c(N)c(=O)c1=O.CC(C)(C)CCCn1cc(COC(C)(C)C)nn1.CC(C)(C)CCCn1ccnn1.CC(C)(C)CCn1cc(CO)nn1.CN(CCCC(C)(C)C)S(C)(=O)=O.CN/C(=C\[N+](=O)[O-])NCCCC(C)(C)C.CNC(=O)OCCCC(C)(C)C.CNc1c(NCCCC(C)(C)C)c(=O)c1=O.COC(=O)NCCCC(C)(C)C.COC(C)(C)C(=O)NCCCC(C)(C)C. The lowest BCUT2D eigenvalue weighted by atomic mass is 9.90. The Morgan fingerprint density at radius 1 is 0.475 bits per heavy atom. The molecular weight excluding hydrogens is 1820 g/mol. The number of sulfonamides is 1. The van der Waals surface area contributed by atoms with Crippen LogP contribution in [0.15, 0.2) is 56.0 Å². The molecule has 0 aliphatic heterocycles. The molecule has 0 atom stereocenters. The van der Waals surface area contributed by atoms with Crippen LogP contribution >= 0.6 is 0 Å². The number of carbonyl (C=O) groups excluding carboxylic acids is 3. The maximum atomic E-state index is 11.6. The summed E-state index contributed by atoms with van der Waals surface area (Å²) in [7, 11) is 6.43. The molecule has 5 aromatic rings. The predicted molar refractivity (Wildman–Crippen MR) is 581 cm³/mol. The number of anilines is 4. The fourth-order valence-corrected chi connectivity index (χ4v) is 12.2. The number of aliphatic hydroxyl groups excluding tert-OH is 1. The number of ether oxygens (including phenoxy) is 4. The summed E-state index contributed by atoms with van der Waals surface area (Å²) in [5.41, 5.74) is 8.78. The molecule has 11 N–H and O–H groups in total. The van der Waals surface area contributed by atoms with Crippen molar-refractivity contribution in [3.8, 4) is 0 Å². The summed E-state index contributed by atoms with van der Waals surface area (Å²) >= 11 is 0. The second kappa shape index (κ2) is 68.6. The van der Waals surface area contributed by atoms with Crippen LogP contribution in [0.5, 0.6) is 0 Å². The van der Waals surface area contributed by atoms with E-state index in [1.807, 2.05) is 42.5 Å². The highest BCUT2D eigenvalue weighted by Crippen LogP contribution is 2.28. The number of nitrogens with two attached hydrogens (primary N) is 1. The number of nitro groups is 1. The van der Waals surface area contributed by atoms with Gasteiger partial charge in [-0.25, -0.2) is 22.3 Å². The van der Waals surface area contributed by atoms with Crippen LogP contribution in [0, 0.1) is 64.3 Å². The lowest BCUT2D eigenvalue weighted by Gasteiger charge is -2.22. The Bertz CT molecular complexity index is 4410. The van der Waals surface area contributed by atoms with E-state index in [2.05, 4.69) is 286 Å².